The third kappa shape index (κ3) is 3.32. The zero-order valence-electron chi connectivity index (χ0n) is 12.9. The lowest BCUT2D eigenvalue weighted by Gasteiger charge is -2.22. The van der Waals surface area contributed by atoms with Gasteiger partial charge in [-0.15, -0.1) is 0 Å². The molecule has 0 saturated heterocycles. The van der Waals surface area contributed by atoms with E-state index in [1.807, 2.05) is 0 Å². The molecule has 106 valence electrons. The smallest absolute Gasteiger partial charge is 0.0600 e. The Morgan fingerprint density at radius 3 is 2.40 bits per heavy atom. The number of benzene rings is 2. The maximum Gasteiger partial charge on any atom is 0.0600 e. The molecule has 0 spiro atoms. The van der Waals surface area contributed by atoms with Crippen LogP contribution in [0.15, 0.2) is 36.4 Å². The molecule has 0 bridgehead atoms. The van der Waals surface area contributed by atoms with E-state index in [4.69, 9.17) is 5.73 Å². The number of rotatable bonds is 4. The standard InChI is InChI=1S/C18H24N2/c1-13-6-5-7-16(10-13)8-9-20(4)18-12-15(3)14(2)11-17(18)19/h5-7,10-12H,8-9,19H2,1-4H3. The van der Waals surface area contributed by atoms with Crippen molar-refractivity contribution in [1.82, 2.24) is 0 Å². The molecule has 0 aliphatic heterocycles. The number of likely N-dealkylation sites (N-methyl/N-ethyl adjacent to an activating group) is 1. The molecule has 2 nitrogen and oxygen atoms in total. The molecule has 2 N–H and O–H groups in total. The quantitative estimate of drug-likeness (QED) is 0.853. The van der Waals surface area contributed by atoms with E-state index in [1.165, 1.54) is 22.3 Å². The molecule has 0 unspecified atom stereocenters. The zero-order chi connectivity index (χ0) is 14.7. The molecule has 0 aliphatic carbocycles. The van der Waals surface area contributed by atoms with Crippen molar-refractivity contribution in [3.63, 3.8) is 0 Å². The molecule has 0 radical (unpaired) electrons. The maximum absolute atomic E-state index is 6.14. The van der Waals surface area contributed by atoms with Gasteiger partial charge in [0, 0.05) is 13.6 Å². The van der Waals surface area contributed by atoms with Crippen LogP contribution in [0.3, 0.4) is 0 Å². The van der Waals surface area contributed by atoms with E-state index in [1.54, 1.807) is 0 Å². The first-order chi connectivity index (χ1) is 9.47. The van der Waals surface area contributed by atoms with Crippen molar-refractivity contribution in [1.29, 1.82) is 0 Å². The predicted molar refractivity (Wildman–Crippen MR) is 88.5 cm³/mol. The topological polar surface area (TPSA) is 29.3 Å². The number of nitrogens with two attached hydrogens (primary N) is 1. The average Bonchev–Trinajstić information content (AvgIpc) is 2.40. The fourth-order valence-electron chi connectivity index (χ4n) is 2.44. The van der Waals surface area contributed by atoms with Crippen LogP contribution < -0.4 is 10.6 Å². The molecule has 0 atom stereocenters. The van der Waals surface area contributed by atoms with Gasteiger partial charge in [-0.25, -0.2) is 0 Å². The highest BCUT2D eigenvalue weighted by molar-refractivity contribution is 5.69. The van der Waals surface area contributed by atoms with E-state index in [0.29, 0.717) is 0 Å². The molecular weight excluding hydrogens is 244 g/mol. The fourth-order valence-corrected chi connectivity index (χ4v) is 2.44. The normalized spacial score (nSPS) is 10.6. The molecule has 2 aromatic carbocycles. The van der Waals surface area contributed by atoms with Gasteiger partial charge in [0.25, 0.3) is 0 Å². The van der Waals surface area contributed by atoms with Crippen molar-refractivity contribution in [3.8, 4) is 0 Å². The number of hydrogen-bond donors (Lipinski definition) is 1. The second-order valence-corrected chi connectivity index (χ2v) is 5.66. The molecule has 0 aliphatic rings. The van der Waals surface area contributed by atoms with Gasteiger partial charge >= 0.3 is 0 Å². The Morgan fingerprint density at radius 1 is 1.00 bits per heavy atom. The summed E-state index contributed by atoms with van der Waals surface area (Å²) in [4.78, 5) is 2.24. The van der Waals surface area contributed by atoms with Crippen LogP contribution in [0.1, 0.15) is 22.3 Å². The molecule has 0 heterocycles. The summed E-state index contributed by atoms with van der Waals surface area (Å²) in [7, 11) is 2.11. The van der Waals surface area contributed by atoms with Gasteiger partial charge in [-0.05, 0) is 56.0 Å². The van der Waals surface area contributed by atoms with Gasteiger partial charge in [0.1, 0.15) is 0 Å². The van der Waals surface area contributed by atoms with Crippen LogP contribution in [-0.2, 0) is 6.42 Å². The third-order valence-corrected chi connectivity index (χ3v) is 3.87. The van der Waals surface area contributed by atoms with Crippen LogP contribution in [-0.4, -0.2) is 13.6 Å². The number of aryl methyl sites for hydroxylation is 3. The van der Waals surface area contributed by atoms with Crippen molar-refractivity contribution in [2.45, 2.75) is 27.2 Å². The van der Waals surface area contributed by atoms with Gasteiger partial charge in [0.15, 0.2) is 0 Å². The minimum Gasteiger partial charge on any atom is -0.397 e. The third-order valence-electron chi connectivity index (χ3n) is 3.87. The van der Waals surface area contributed by atoms with Crippen molar-refractivity contribution in [3.05, 3.63) is 58.7 Å². The summed E-state index contributed by atoms with van der Waals surface area (Å²) in [6, 6.07) is 12.9. The average molecular weight is 268 g/mol. The highest BCUT2D eigenvalue weighted by atomic mass is 15.1. The minimum atomic E-state index is 0.861. The first-order valence-electron chi connectivity index (χ1n) is 7.11. The Kier molecular flexibility index (Phi) is 4.33. The van der Waals surface area contributed by atoms with Gasteiger partial charge in [-0.3, -0.25) is 0 Å². The summed E-state index contributed by atoms with van der Waals surface area (Å²) in [6.07, 6.45) is 1.03. The lowest BCUT2D eigenvalue weighted by Crippen LogP contribution is -2.21. The fraction of sp³-hybridized carbons (Fsp3) is 0.333. The van der Waals surface area contributed by atoms with Crippen molar-refractivity contribution < 1.29 is 0 Å². The molecule has 2 heteroatoms. The Labute approximate surface area is 122 Å². The van der Waals surface area contributed by atoms with Crippen LogP contribution in [0.5, 0.6) is 0 Å². The second kappa shape index (κ2) is 6.00. The van der Waals surface area contributed by atoms with Crippen LogP contribution in [0, 0.1) is 20.8 Å². The summed E-state index contributed by atoms with van der Waals surface area (Å²) in [6.45, 7) is 7.33. The largest absolute Gasteiger partial charge is 0.397 e. The van der Waals surface area contributed by atoms with Gasteiger partial charge in [-0.1, -0.05) is 29.8 Å². The van der Waals surface area contributed by atoms with Crippen molar-refractivity contribution in [2.75, 3.05) is 24.2 Å². The summed E-state index contributed by atoms with van der Waals surface area (Å²) >= 11 is 0. The second-order valence-electron chi connectivity index (χ2n) is 5.66. The van der Waals surface area contributed by atoms with Gasteiger partial charge in [0.2, 0.25) is 0 Å². The van der Waals surface area contributed by atoms with Crippen molar-refractivity contribution >= 4 is 11.4 Å². The van der Waals surface area contributed by atoms with Crippen LogP contribution in [0.4, 0.5) is 11.4 Å². The molecule has 0 amide bonds. The van der Waals surface area contributed by atoms with E-state index < -0.39 is 0 Å². The summed E-state index contributed by atoms with van der Waals surface area (Å²) in [5.41, 5.74) is 13.4. The Hall–Kier alpha value is -1.96. The van der Waals surface area contributed by atoms with Gasteiger partial charge in [0.05, 0.1) is 11.4 Å². The van der Waals surface area contributed by atoms with Crippen LogP contribution in [0.25, 0.3) is 0 Å². The number of hydrogen-bond acceptors (Lipinski definition) is 2. The van der Waals surface area contributed by atoms with E-state index in [9.17, 15) is 0 Å². The lowest BCUT2D eigenvalue weighted by molar-refractivity contribution is 0.876. The monoisotopic (exact) mass is 268 g/mol. The van der Waals surface area contributed by atoms with Crippen molar-refractivity contribution in [2.24, 2.45) is 0 Å². The number of nitrogen functional groups attached to an aromatic ring is 1. The van der Waals surface area contributed by atoms with Crippen LogP contribution in [0.2, 0.25) is 0 Å². The van der Waals surface area contributed by atoms with E-state index in [0.717, 1.165) is 24.3 Å². The maximum atomic E-state index is 6.14. The summed E-state index contributed by atoms with van der Waals surface area (Å²) in [5.74, 6) is 0. The highest BCUT2D eigenvalue weighted by Gasteiger charge is 2.07. The molecule has 20 heavy (non-hydrogen) atoms. The SMILES string of the molecule is Cc1cccc(CCN(C)c2cc(C)c(C)cc2N)c1. The molecule has 0 saturated carbocycles. The first-order valence-corrected chi connectivity index (χ1v) is 7.11. The molecule has 2 aromatic rings. The minimum absolute atomic E-state index is 0.861. The van der Waals surface area contributed by atoms with Gasteiger partial charge < -0.3 is 10.6 Å². The molecule has 0 fully saturated rings. The molecule has 0 aromatic heterocycles. The molecule has 2 rings (SSSR count). The predicted octanol–water partition coefficient (Wildman–Crippen LogP) is 3.87. The van der Waals surface area contributed by atoms with Crippen LogP contribution >= 0.6 is 0 Å². The Morgan fingerprint density at radius 2 is 1.70 bits per heavy atom. The summed E-state index contributed by atoms with van der Waals surface area (Å²) < 4.78 is 0. The number of anilines is 2. The Balaban J connectivity index is 2.09. The van der Waals surface area contributed by atoms with Gasteiger partial charge in [-0.2, -0.15) is 0 Å². The first kappa shape index (κ1) is 14.4. The highest BCUT2D eigenvalue weighted by Crippen LogP contribution is 2.26. The van der Waals surface area contributed by atoms with E-state index in [-0.39, 0.29) is 0 Å². The Bertz CT molecular complexity index is 602. The number of nitrogens with zero attached hydrogens (tertiary/aromatic N) is 1. The lowest BCUT2D eigenvalue weighted by atomic mass is 10.1. The van der Waals surface area contributed by atoms with E-state index >= 15 is 0 Å². The summed E-state index contributed by atoms with van der Waals surface area (Å²) in [5, 5.41) is 0. The molecular formula is C18H24N2. The van der Waals surface area contributed by atoms with E-state index in [2.05, 4.69) is 69.1 Å². The zero-order valence-corrected chi connectivity index (χ0v) is 12.9.